The van der Waals surface area contributed by atoms with Gasteiger partial charge in [0.05, 0.1) is 12.1 Å². The molecule has 0 saturated heterocycles. The van der Waals surface area contributed by atoms with Crippen LogP contribution >= 0.6 is 0 Å². The van der Waals surface area contributed by atoms with E-state index >= 15 is 0 Å². The molecule has 0 radical (unpaired) electrons. The minimum atomic E-state index is -0.987. The predicted molar refractivity (Wildman–Crippen MR) is 125 cm³/mol. The quantitative estimate of drug-likeness (QED) is 0.452. The van der Waals surface area contributed by atoms with Crippen molar-refractivity contribution in [3.63, 3.8) is 0 Å². The first kappa shape index (κ1) is 21.1. The van der Waals surface area contributed by atoms with Gasteiger partial charge in [-0.2, -0.15) is 0 Å². The van der Waals surface area contributed by atoms with E-state index in [1.807, 2.05) is 121 Å². The Hall–Kier alpha value is -4.18. The van der Waals surface area contributed by atoms with E-state index < -0.39 is 23.9 Å². The van der Waals surface area contributed by atoms with E-state index in [1.54, 1.807) is 4.90 Å². The van der Waals surface area contributed by atoms with Crippen molar-refractivity contribution >= 4 is 11.8 Å². The zero-order valence-electron chi connectivity index (χ0n) is 17.5. The molecule has 0 fully saturated rings. The molecule has 4 heteroatoms. The van der Waals surface area contributed by atoms with Gasteiger partial charge in [0.2, 0.25) is 0 Å². The summed E-state index contributed by atoms with van der Waals surface area (Å²) < 4.78 is 0. The van der Waals surface area contributed by atoms with Crippen LogP contribution < -0.4 is 5.73 Å². The molecule has 0 bridgehead atoms. The van der Waals surface area contributed by atoms with Crippen LogP contribution in [0.4, 0.5) is 0 Å². The monoisotopic (exact) mass is 420 g/mol. The fourth-order valence-electron chi connectivity index (χ4n) is 4.08. The van der Waals surface area contributed by atoms with Crippen molar-refractivity contribution in [1.29, 1.82) is 0 Å². The number of primary amides is 1. The van der Waals surface area contributed by atoms with Gasteiger partial charge >= 0.3 is 11.8 Å². The van der Waals surface area contributed by atoms with Gasteiger partial charge in [-0.25, -0.2) is 0 Å². The van der Waals surface area contributed by atoms with E-state index in [1.165, 1.54) is 0 Å². The van der Waals surface area contributed by atoms with Crippen LogP contribution in [-0.4, -0.2) is 16.7 Å². The van der Waals surface area contributed by atoms with E-state index in [2.05, 4.69) is 0 Å². The van der Waals surface area contributed by atoms with Crippen LogP contribution in [0.2, 0.25) is 0 Å². The van der Waals surface area contributed by atoms with Gasteiger partial charge in [0, 0.05) is 0 Å². The number of rotatable bonds is 6. The molecule has 0 aromatic heterocycles. The van der Waals surface area contributed by atoms with Crippen LogP contribution in [0, 0.1) is 0 Å². The molecule has 32 heavy (non-hydrogen) atoms. The van der Waals surface area contributed by atoms with Crippen LogP contribution in [0.5, 0.6) is 0 Å². The molecule has 2 N–H and O–H groups in total. The number of benzene rings is 4. The number of carbonyl (C=O) groups excluding carboxylic acids is 2. The van der Waals surface area contributed by atoms with E-state index in [4.69, 9.17) is 5.73 Å². The molecule has 0 aliphatic heterocycles. The molecule has 0 aliphatic rings. The number of carbonyl (C=O) groups is 2. The minimum Gasteiger partial charge on any atom is -0.361 e. The number of hydrogen-bond donors (Lipinski definition) is 1. The highest BCUT2D eigenvalue weighted by Gasteiger charge is 2.36. The van der Waals surface area contributed by atoms with Gasteiger partial charge in [-0.15, -0.1) is 0 Å². The van der Waals surface area contributed by atoms with Crippen molar-refractivity contribution in [3.05, 3.63) is 144 Å². The zero-order valence-corrected chi connectivity index (χ0v) is 17.5. The lowest BCUT2D eigenvalue weighted by Gasteiger charge is -2.38. The topological polar surface area (TPSA) is 63.4 Å². The summed E-state index contributed by atoms with van der Waals surface area (Å²) in [6.45, 7) is 0. The van der Waals surface area contributed by atoms with E-state index in [-0.39, 0.29) is 0 Å². The lowest BCUT2D eigenvalue weighted by molar-refractivity contribution is -0.146. The number of hydrogen-bond acceptors (Lipinski definition) is 2. The molecule has 0 atom stereocenters. The molecule has 0 heterocycles. The van der Waals surface area contributed by atoms with Crippen LogP contribution in [0.15, 0.2) is 121 Å². The Kier molecular flexibility index (Phi) is 6.42. The summed E-state index contributed by atoms with van der Waals surface area (Å²) >= 11 is 0. The van der Waals surface area contributed by atoms with Crippen molar-refractivity contribution in [2.75, 3.05) is 0 Å². The smallest absolute Gasteiger partial charge is 0.313 e. The highest BCUT2D eigenvalue weighted by atomic mass is 16.2. The summed E-state index contributed by atoms with van der Waals surface area (Å²) in [6.07, 6.45) is 0. The van der Waals surface area contributed by atoms with Crippen LogP contribution in [-0.2, 0) is 9.59 Å². The summed E-state index contributed by atoms with van der Waals surface area (Å²) in [5, 5.41) is 0. The molecular weight excluding hydrogens is 396 g/mol. The van der Waals surface area contributed by atoms with Gasteiger partial charge in [-0.1, -0.05) is 121 Å². The van der Waals surface area contributed by atoms with Crippen LogP contribution in [0.3, 0.4) is 0 Å². The Balaban J connectivity index is 1.99. The molecule has 0 spiro atoms. The molecule has 158 valence electrons. The third-order valence-corrected chi connectivity index (χ3v) is 5.46. The molecule has 4 aromatic carbocycles. The molecule has 4 aromatic rings. The molecule has 0 aliphatic carbocycles. The van der Waals surface area contributed by atoms with Gasteiger partial charge < -0.3 is 10.6 Å². The Bertz CT molecular complexity index is 1000. The number of nitrogens with two attached hydrogens (primary N) is 1. The fraction of sp³-hybridized carbons (Fsp3) is 0.0714. The standard InChI is InChI=1S/C28H24N2O2/c29-27(31)28(32)30(25(21-13-5-1-6-14-21)22-15-7-2-8-16-22)26(23-17-9-3-10-18-23)24-19-11-4-12-20-24/h1-20,25-26H,(H2,29,31). The highest BCUT2D eigenvalue weighted by Crippen LogP contribution is 2.39. The second kappa shape index (κ2) is 9.75. The van der Waals surface area contributed by atoms with Gasteiger partial charge in [0.1, 0.15) is 0 Å². The molecule has 2 amide bonds. The fourth-order valence-corrected chi connectivity index (χ4v) is 4.08. The summed E-state index contributed by atoms with van der Waals surface area (Å²) in [7, 11) is 0. The predicted octanol–water partition coefficient (Wildman–Crippen LogP) is 4.88. The van der Waals surface area contributed by atoms with Crippen molar-refractivity contribution in [1.82, 2.24) is 4.90 Å². The first-order chi connectivity index (χ1) is 15.7. The molecule has 0 unspecified atom stereocenters. The summed E-state index contributed by atoms with van der Waals surface area (Å²) in [4.78, 5) is 27.4. The summed E-state index contributed by atoms with van der Waals surface area (Å²) in [6, 6.07) is 37.8. The minimum absolute atomic E-state index is 0.511. The Labute approximate surface area is 187 Å². The maximum absolute atomic E-state index is 13.5. The first-order valence-electron chi connectivity index (χ1n) is 10.5. The van der Waals surface area contributed by atoms with E-state index in [0.717, 1.165) is 22.3 Å². The van der Waals surface area contributed by atoms with Crippen LogP contribution in [0.1, 0.15) is 34.3 Å². The molecule has 0 saturated carbocycles. The Morgan fingerprint density at radius 3 is 0.969 bits per heavy atom. The molecule has 4 nitrogen and oxygen atoms in total. The third-order valence-electron chi connectivity index (χ3n) is 5.46. The third kappa shape index (κ3) is 4.44. The van der Waals surface area contributed by atoms with Crippen molar-refractivity contribution in [3.8, 4) is 0 Å². The lowest BCUT2D eigenvalue weighted by atomic mass is 9.90. The molecular formula is C28H24N2O2. The lowest BCUT2D eigenvalue weighted by Crippen LogP contribution is -2.45. The van der Waals surface area contributed by atoms with Gasteiger partial charge in [-0.05, 0) is 22.3 Å². The largest absolute Gasteiger partial charge is 0.361 e. The van der Waals surface area contributed by atoms with Gasteiger partial charge in [0.15, 0.2) is 0 Å². The van der Waals surface area contributed by atoms with Crippen molar-refractivity contribution < 1.29 is 9.59 Å². The first-order valence-corrected chi connectivity index (χ1v) is 10.5. The van der Waals surface area contributed by atoms with E-state index in [9.17, 15) is 9.59 Å². The van der Waals surface area contributed by atoms with Crippen molar-refractivity contribution in [2.24, 2.45) is 5.73 Å². The average molecular weight is 421 g/mol. The number of nitrogens with zero attached hydrogens (tertiary/aromatic N) is 1. The number of amides is 2. The Morgan fingerprint density at radius 1 is 0.500 bits per heavy atom. The highest BCUT2D eigenvalue weighted by molar-refractivity contribution is 6.34. The second-order valence-electron chi connectivity index (χ2n) is 7.52. The van der Waals surface area contributed by atoms with Gasteiger partial charge in [-0.3, -0.25) is 9.59 Å². The SMILES string of the molecule is NC(=O)C(=O)N(C(c1ccccc1)c1ccccc1)C(c1ccccc1)c1ccccc1. The van der Waals surface area contributed by atoms with E-state index in [0.29, 0.717) is 0 Å². The zero-order chi connectivity index (χ0) is 22.3. The average Bonchev–Trinajstić information content (AvgIpc) is 2.86. The molecule has 4 rings (SSSR count). The maximum Gasteiger partial charge on any atom is 0.313 e. The van der Waals surface area contributed by atoms with Gasteiger partial charge in [0.25, 0.3) is 0 Å². The maximum atomic E-state index is 13.5. The summed E-state index contributed by atoms with van der Waals surface area (Å²) in [5.41, 5.74) is 9.17. The summed E-state index contributed by atoms with van der Waals surface area (Å²) in [5.74, 6) is -1.72. The Morgan fingerprint density at radius 2 is 0.750 bits per heavy atom. The second-order valence-corrected chi connectivity index (χ2v) is 7.52. The van der Waals surface area contributed by atoms with Crippen LogP contribution in [0.25, 0.3) is 0 Å². The normalized spacial score (nSPS) is 10.8. The van der Waals surface area contributed by atoms with Crippen molar-refractivity contribution in [2.45, 2.75) is 12.1 Å².